The minimum Gasteiger partial charge on any atom is -0.282 e. The minimum atomic E-state index is -4.00. The Morgan fingerprint density at radius 3 is 1.38 bits per heavy atom. The van der Waals surface area contributed by atoms with Crippen molar-refractivity contribution < 1.29 is 13.0 Å². The molecule has 0 atom stereocenters. The fourth-order valence-electron chi connectivity index (χ4n) is 4.28. The Kier molecular flexibility index (Phi) is 22.7. The molecule has 0 aliphatic heterocycles. The van der Waals surface area contributed by atoms with Crippen molar-refractivity contribution in [1.82, 2.24) is 0 Å². The second-order valence-corrected chi connectivity index (χ2v) is 15.5. The van der Waals surface area contributed by atoms with Crippen molar-refractivity contribution in [3.63, 3.8) is 0 Å². The molecule has 0 aliphatic rings. The van der Waals surface area contributed by atoms with E-state index < -0.39 is 17.4 Å². The van der Waals surface area contributed by atoms with Gasteiger partial charge in [0.05, 0.1) is 4.90 Å². The Balaban J connectivity index is 0. The van der Waals surface area contributed by atoms with Crippen LogP contribution in [0.3, 0.4) is 0 Å². The van der Waals surface area contributed by atoms with Crippen molar-refractivity contribution in [2.24, 2.45) is 0 Å². The van der Waals surface area contributed by atoms with E-state index in [-0.39, 0.29) is 17.3 Å². The molecular weight excluding hydrogens is 459 g/mol. The molecule has 0 spiro atoms. The van der Waals surface area contributed by atoms with Crippen LogP contribution < -0.4 is 0 Å². The third-order valence-electron chi connectivity index (χ3n) is 6.28. The molecule has 3 nitrogen and oxygen atoms in total. The van der Waals surface area contributed by atoms with Gasteiger partial charge in [0.2, 0.25) is 0 Å². The van der Waals surface area contributed by atoms with E-state index in [1.54, 1.807) is 49.3 Å². The maximum atomic E-state index is 10.4. The number of rotatable bonds is 17. The summed E-state index contributed by atoms with van der Waals surface area (Å²) >= 11 is 0. The summed E-state index contributed by atoms with van der Waals surface area (Å²) in [6.07, 6.45) is 24.2. The predicted octanol–water partition coefficient (Wildman–Crippen LogP) is 8.85. The quantitative estimate of drug-likeness (QED) is 0.129. The zero-order valence-electron chi connectivity index (χ0n) is 21.3. The van der Waals surface area contributed by atoms with E-state index in [1.807, 2.05) is 0 Å². The number of benzene rings is 1. The molecule has 0 radical (unpaired) electrons. The zero-order valence-corrected chi connectivity index (χ0v) is 23.9. The van der Waals surface area contributed by atoms with Gasteiger partial charge in [0.15, 0.2) is 0 Å². The monoisotopic (exact) mass is 510 g/mol. The molecule has 192 valence electrons. The van der Waals surface area contributed by atoms with E-state index in [2.05, 4.69) is 27.7 Å². The van der Waals surface area contributed by atoms with Crippen molar-refractivity contribution in [3.05, 3.63) is 30.3 Å². The van der Waals surface area contributed by atoms with Gasteiger partial charge < -0.3 is 0 Å². The van der Waals surface area contributed by atoms with Gasteiger partial charge in [-0.3, -0.25) is 4.55 Å². The van der Waals surface area contributed by atoms with Crippen molar-refractivity contribution in [2.45, 2.75) is 110 Å². The second-order valence-electron chi connectivity index (χ2n) is 9.12. The predicted molar refractivity (Wildman–Crippen MR) is 149 cm³/mol. The summed E-state index contributed by atoms with van der Waals surface area (Å²) in [4.78, 5) is -0.0741. The van der Waals surface area contributed by atoms with E-state index >= 15 is 0 Å². The molecule has 0 unspecified atom stereocenters. The fourth-order valence-corrected chi connectivity index (χ4v) is 10.6. The molecule has 1 N–H and O–H groups in total. The topological polar surface area (TPSA) is 54.4 Å². The van der Waals surface area contributed by atoms with Crippen LogP contribution in [0.5, 0.6) is 0 Å². The van der Waals surface area contributed by atoms with Crippen LogP contribution in [0.25, 0.3) is 0 Å². The van der Waals surface area contributed by atoms with Gasteiger partial charge in [0.1, 0.15) is 0 Å². The maximum Gasteiger partial charge on any atom is 0.294 e. The third kappa shape index (κ3) is 17.3. The molecule has 1 aromatic carbocycles. The van der Waals surface area contributed by atoms with Crippen molar-refractivity contribution >= 4 is 29.8 Å². The van der Waals surface area contributed by atoms with Crippen LogP contribution in [-0.4, -0.2) is 37.6 Å². The summed E-state index contributed by atoms with van der Waals surface area (Å²) in [5.74, 6) is 0. The van der Waals surface area contributed by atoms with E-state index in [0.29, 0.717) is 0 Å². The number of hydrogen-bond donors (Lipinski definition) is 1. The Morgan fingerprint density at radius 1 is 0.625 bits per heavy atom. The van der Waals surface area contributed by atoms with Gasteiger partial charge in [-0.2, -0.15) is 8.42 Å². The molecule has 0 aromatic heterocycles. The molecule has 0 amide bonds. The molecule has 0 saturated heterocycles. The van der Waals surface area contributed by atoms with Crippen LogP contribution in [0.2, 0.25) is 0 Å². The maximum absolute atomic E-state index is 10.4. The second kappa shape index (κ2) is 21.4. The summed E-state index contributed by atoms with van der Waals surface area (Å²) in [6.45, 7) is 9.45. The van der Waals surface area contributed by atoms with Crippen LogP contribution in [0.15, 0.2) is 35.2 Å². The van der Waals surface area contributed by atoms with Crippen LogP contribution in [0, 0.1) is 0 Å². The smallest absolute Gasteiger partial charge is 0.282 e. The van der Waals surface area contributed by atoms with Gasteiger partial charge >= 0.3 is 137 Å². The van der Waals surface area contributed by atoms with Crippen LogP contribution >= 0.6 is 19.7 Å². The molecular formula is C26H52ClO3PS. The Hall–Kier alpha value is -0.150. The van der Waals surface area contributed by atoms with E-state index in [9.17, 15) is 8.42 Å². The average molecular weight is 511 g/mol. The van der Waals surface area contributed by atoms with Gasteiger partial charge in [-0.25, -0.2) is 0 Å². The number of unbranched alkanes of at least 4 members (excludes halogenated alkanes) is 8. The van der Waals surface area contributed by atoms with Gasteiger partial charge in [-0.1, -0.05) is 18.2 Å². The normalized spacial score (nSPS) is 11.9. The van der Waals surface area contributed by atoms with Gasteiger partial charge in [-0.15, -0.1) is 12.4 Å². The van der Waals surface area contributed by atoms with E-state index in [4.69, 9.17) is 4.55 Å². The molecule has 1 rings (SSSR count). The largest absolute Gasteiger partial charge is 0.294 e. The molecule has 1 aromatic rings. The summed E-state index contributed by atoms with van der Waals surface area (Å²) in [5.41, 5.74) is 0. The van der Waals surface area contributed by atoms with Gasteiger partial charge in [0.25, 0.3) is 10.1 Å². The number of halogens is 1. The first kappa shape index (κ1) is 34.0. The standard InChI is InChI=1S/C20H45P.C6H6O3S.ClH/c1-5-9-13-14-15-16-20-21(17-10-6-2,18-11-7-3)19-12-8-4;7-10(8,9)6-4-2-1-3-5-6;/h21H,5-20H2,1-4H3;1-5H,(H,7,8,9);1H. The zero-order chi connectivity index (χ0) is 23.4. The summed E-state index contributed by atoms with van der Waals surface area (Å²) < 4.78 is 29.2. The Bertz CT molecular complexity index is 601. The Morgan fingerprint density at radius 2 is 1.00 bits per heavy atom. The summed E-state index contributed by atoms with van der Waals surface area (Å²) in [5, 5.41) is 0. The average Bonchev–Trinajstić information content (AvgIpc) is 2.77. The van der Waals surface area contributed by atoms with Gasteiger partial charge in [0, 0.05) is 0 Å². The SMILES string of the molecule is CCCCCCCC[PH](CCCC)(CCCC)CCCC.Cl.O=S(=O)(O)c1ccccc1. The van der Waals surface area contributed by atoms with Crippen molar-refractivity contribution in [3.8, 4) is 0 Å². The first-order chi connectivity index (χ1) is 14.8. The molecule has 0 heterocycles. The fraction of sp³-hybridized carbons (Fsp3) is 0.769. The van der Waals surface area contributed by atoms with Crippen LogP contribution in [-0.2, 0) is 10.1 Å². The van der Waals surface area contributed by atoms with Gasteiger partial charge in [-0.05, 0) is 12.1 Å². The Labute approximate surface area is 207 Å². The van der Waals surface area contributed by atoms with Crippen molar-refractivity contribution in [2.75, 3.05) is 24.6 Å². The molecule has 6 heteroatoms. The third-order valence-corrected chi connectivity index (χ3v) is 12.8. The van der Waals surface area contributed by atoms with E-state index in [0.717, 1.165) is 0 Å². The molecule has 32 heavy (non-hydrogen) atoms. The molecule has 0 bridgehead atoms. The first-order valence-corrected chi connectivity index (χ1v) is 17.1. The van der Waals surface area contributed by atoms with Crippen LogP contribution in [0.1, 0.15) is 105 Å². The molecule has 0 fully saturated rings. The van der Waals surface area contributed by atoms with E-state index in [1.165, 1.54) is 82.8 Å². The minimum absolute atomic E-state index is 0. The number of hydrogen-bond acceptors (Lipinski definition) is 2. The summed E-state index contributed by atoms with van der Waals surface area (Å²) in [6, 6.07) is 7.42. The summed E-state index contributed by atoms with van der Waals surface area (Å²) in [7, 11) is -4.93. The van der Waals surface area contributed by atoms with Crippen molar-refractivity contribution in [1.29, 1.82) is 0 Å². The first-order valence-electron chi connectivity index (χ1n) is 12.9. The molecule has 0 aliphatic carbocycles. The molecule has 0 saturated carbocycles. The van der Waals surface area contributed by atoms with Crippen LogP contribution in [0.4, 0.5) is 0 Å².